The molecular formula is C12H13F3O2. The summed E-state index contributed by atoms with van der Waals surface area (Å²) in [5.74, 6) is 0. The van der Waals surface area contributed by atoms with Crippen molar-refractivity contribution in [2.75, 3.05) is 13.2 Å². The average Bonchev–Trinajstić information content (AvgIpc) is 2.29. The lowest BCUT2D eigenvalue weighted by molar-refractivity contribution is -0.137. The van der Waals surface area contributed by atoms with Gasteiger partial charge in [0.2, 0.25) is 0 Å². The second-order valence-corrected chi connectivity index (χ2v) is 4.22. The van der Waals surface area contributed by atoms with Crippen LogP contribution in [-0.2, 0) is 16.5 Å². The highest BCUT2D eigenvalue weighted by Gasteiger charge is 2.34. The van der Waals surface area contributed by atoms with Gasteiger partial charge in [0.15, 0.2) is 0 Å². The number of halogens is 3. The molecule has 0 saturated carbocycles. The van der Waals surface area contributed by atoms with Crippen LogP contribution in [0.25, 0.3) is 0 Å². The van der Waals surface area contributed by atoms with Crippen LogP contribution in [0.3, 0.4) is 0 Å². The Morgan fingerprint density at radius 3 is 2.06 bits per heavy atom. The summed E-state index contributed by atoms with van der Waals surface area (Å²) in [4.78, 5) is 0. The molecule has 0 aliphatic carbocycles. The summed E-state index contributed by atoms with van der Waals surface area (Å²) in [6, 6.07) is 4.69. The third kappa shape index (κ3) is 2.61. The van der Waals surface area contributed by atoms with Crippen LogP contribution in [0.5, 0.6) is 0 Å². The normalized spacial score (nSPS) is 20.2. The van der Waals surface area contributed by atoms with Crippen LogP contribution in [0.4, 0.5) is 13.2 Å². The SMILES string of the molecule is OC1(c2ccc(C(F)(F)F)cc2)CCOCC1. The third-order valence-electron chi connectivity index (χ3n) is 3.07. The van der Waals surface area contributed by atoms with Crippen molar-refractivity contribution in [1.29, 1.82) is 0 Å². The van der Waals surface area contributed by atoms with Gasteiger partial charge in [0.25, 0.3) is 0 Å². The third-order valence-corrected chi connectivity index (χ3v) is 3.07. The zero-order valence-corrected chi connectivity index (χ0v) is 9.13. The predicted octanol–water partition coefficient (Wildman–Crippen LogP) is 2.70. The molecule has 0 amide bonds. The summed E-state index contributed by atoms with van der Waals surface area (Å²) >= 11 is 0. The maximum absolute atomic E-state index is 12.4. The highest BCUT2D eigenvalue weighted by Crippen LogP contribution is 2.34. The Balaban J connectivity index is 2.23. The zero-order valence-electron chi connectivity index (χ0n) is 9.13. The first-order chi connectivity index (χ1) is 7.92. The van der Waals surface area contributed by atoms with Crippen molar-refractivity contribution in [1.82, 2.24) is 0 Å². The molecule has 2 nitrogen and oxygen atoms in total. The molecule has 0 radical (unpaired) electrons. The summed E-state index contributed by atoms with van der Waals surface area (Å²) in [5.41, 5.74) is -1.23. The molecule has 0 aromatic heterocycles. The van der Waals surface area contributed by atoms with Crippen LogP contribution in [-0.4, -0.2) is 18.3 Å². The van der Waals surface area contributed by atoms with Gasteiger partial charge in [-0.1, -0.05) is 12.1 Å². The van der Waals surface area contributed by atoms with E-state index in [2.05, 4.69) is 0 Å². The summed E-state index contributed by atoms with van der Waals surface area (Å²) in [5, 5.41) is 10.3. The van der Waals surface area contributed by atoms with Gasteiger partial charge in [-0.3, -0.25) is 0 Å². The Labute approximate surface area is 97.0 Å². The van der Waals surface area contributed by atoms with Crippen LogP contribution in [0.2, 0.25) is 0 Å². The number of ether oxygens (including phenoxy) is 1. The van der Waals surface area contributed by atoms with E-state index in [1.165, 1.54) is 12.1 Å². The van der Waals surface area contributed by atoms with Crippen LogP contribution in [0.1, 0.15) is 24.0 Å². The van der Waals surface area contributed by atoms with E-state index in [-0.39, 0.29) is 0 Å². The number of benzene rings is 1. The second kappa shape index (κ2) is 4.31. The fraction of sp³-hybridized carbons (Fsp3) is 0.500. The van der Waals surface area contributed by atoms with E-state index in [1.54, 1.807) is 0 Å². The molecule has 0 unspecified atom stereocenters. The molecule has 1 fully saturated rings. The second-order valence-electron chi connectivity index (χ2n) is 4.22. The van der Waals surface area contributed by atoms with Gasteiger partial charge >= 0.3 is 6.18 Å². The molecule has 1 aromatic rings. The zero-order chi connectivity index (χ0) is 12.5. The lowest BCUT2D eigenvalue weighted by Crippen LogP contribution is -2.33. The molecule has 0 bridgehead atoms. The van der Waals surface area contributed by atoms with Gasteiger partial charge in [0, 0.05) is 26.1 Å². The minimum atomic E-state index is -4.34. The Hall–Kier alpha value is -1.07. The minimum absolute atomic E-state index is 0.415. The fourth-order valence-electron chi connectivity index (χ4n) is 1.97. The molecule has 2 rings (SSSR count). The minimum Gasteiger partial charge on any atom is -0.385 e. The van der Waals surface area contributed by atoms with Crippen molar-refractivity contribution in [3.8, 4) is 0 Å². The van der Waals surface area contributed by atoms with E-state index in [1.807, 2.05) is 0 Å². The number of alkyl halides is 3. The summed E-state index contributed by atoms with van der Waals surface area (Å²) in [6.07, 6.45) is -3.51. The van der Waals surface area contributed by atoms with Gasteiger partial charge in [-0.25, -0.2) is 0 Å². The van der Waals surface area contributed by atoms with Crippen molar-refractivity contribution in [3.63, 3.8) is 0 Å². The van der Waals surface area contributed by atoms with E-state index < -0.39 is 17.3 Å². The summed E-state index contributed by atoms with van der Waals surface area (Å²) in [7, 11) is 0. The quantitative estimate of drug-likeness (QED) is 0.825. The van der Waals surface area contributed by atoms with Crippen LogP contribution >= 0.6 is 0 Å². The maximum Gasteiger partial charge on any atom is 0.416 e. The molecule has 1 saturated heterocycles. The molecule has 5 heteroatoms. The first kappa shape index (κ1) is 12.4. The van der Waals surface area contributed by atoms with Crippen LogP contribution in [0.15, 0.2) is 24.3 Å². The first-order valence-corrected chi connectivity index (χ1v) is 5.40. The van der Waals surface area contributed by atoms with Gasteiger partial charge in [-0.15, -0.1) is 0 Å². The molecule has 1 aromatic carbocycles. The fourth-order valence-corrected chi connectivity index (χ4v) is 1.97. The van der Waals surface area contributed by atoms with Crippen molar-refractivity contribution in [2.45, 2.75) is 24.6 Å². The predicted molar refractivity (Wildman–Crippen MR) is 55.4 cm³/mol. The average molecular weight is 246 g/mol. The number of hydrogen-bond acceptors (Lipinski definition) is 2. The highest BCUT2D eigenvalue weighted by molar-refractivity contribution is 5.29. The molecule has 0 spiro atoms. The molecule has 94 valence electrons. The number of hydrogen-bond donors (Lipinski definition) is 1. The van der Waals surface area contributed by atoms with E-state index in [9.17, 15) is 18.3 Å². The summed E-state index contributed by atoms with van der Waals surface area (Å²) < 4.78 is 42.2. The van der Waals surface area contributed by atoms with E-state index in [0.29, 0.717) is 31.6 Å². The van der Waals surface area contributed by atoms with Gasteiger partial charge < -0.3 is 9.84 Å². The van der Waals surface area contributed by atoms with Crippen molar-refractivity contribution >= 4 is 0 Å². The molecule has 1 N–H and O–H groups in total. The molecule has 1 aliphatic heterocycles. The highest BCUT2D eigenvalue weighted by atomic mass is 19.4. The van der Waals surface area contributed by atoms with E-state index >= 15 is 0 Å². The van der Waals surface area contributed by atoms with E-state index in [0.717, 1.165) is 12.1 Å². The summed E-state index contributed by atoms with van der Waals surface area (Å²) in [6.45, 7) is 0.856. The van der Waals surface area contributed by atoms with Gasteiger partial charge in [-0.05, 0) is 17.7 Å². The van der Waals surface area contributed by atoms with Crippen molar-refractivity contribution in [3.05, 3.63) is 35.4 Å². The van der Waals surface area contributed by atoms with Gasteiger partial charge in [0.1, 0.15) is 0 Å². The molecular weight excluding hydrogens is 233 g/mol. The Morgan fingerprint density at radius 2 is 1.59 bits per heavy atom. The van der Waals surface area contributed by atoms with Crippen LogP contribution in [0, 0.1) is 0 Å². The smallest absolute Gasteiger partial charge is 0.385 e. The van der Waals surface area contributed by atoms with Gasteiger partial charge in [0.05, 0.1) is 11.2 Å². The molecule has 0 atom stereocenters. The number of rotatable bonds is 1. The molecule has 17 heavy (non-hydrogen) atoms. The Morgan fingerprint density at radius 1 is 1.06 bits per heavy atom. The van der Waals surface area contributed by atoms with E-state index in [4.69, 9.17) is 4.74 Å². The Kier molecular flexibility index (Phi) is 3.14. The first-order valence-electron chi connectivity index (χ1n) is 5.40. The topological polar surface area (TPSA) is 29.5 Å². The monoisotopic (exact) mass is 246 g/mol. The Bertz CT molecular complexity index is 378. The molecule has 1 heterocycles. The lowest BCUT2D eigenvalue weighted by Gasteiger charge is -2.32. The van der Waals surface area contributed by atoms with Crippen LogP contribution < -0.4 is 0 Å². The lowest BCUT2D eigenvalue weighted by atomic mass is 9.86. The maximum atomic E-state index is 12.4. The molecule has 1 aliphatic rings. The standard InChI is InChI=1S/C12H13F3O2/c13-12(14,15)10-3-1-9(2-4-10)11(16)5-7-17-8-6-11/h1-4,16H,5-8H2. The largest absolute Gasteiger partial charge is 0.416 e. The van der Waals surface area contributed by atoms with Gasteiger partial charge in [-0.2, -0.15) is 13.2 Å². The van der Waals surface area contributed by atoms with Crippen molar-refractivity contribution < 1.29 is 23.0 Å². The number of aliphatic hydroxyl groups is 1. The van der Waals surface area contributed by atoms with Crippen molar-refractivity contribution in [2.24, 2.45) is 0 Å².